The summed E-state index contributed by atoms with van der Waals surface area (Å²) in [4.78, 5) is 34.0. The van der Waals surface area contributed by atoms with Crippen molar-refractivity contribution in [2.24, 2.45) is 4.99 Å². The van der Waals surface area contributed by atoms with E-state index in [0.29, 0.717) is 17.2 Å². The number of thioether (sulfide) groups is 1. The fraction of sp³-hybridized carbons (Fsp3) is 0.0800. The summed E-state index contributed by atoms with van der Waals surface area (Å²) in [5.74, 6) is 1.11. The number of hydrogen-bond acceptors (Lipinski definition) is 8. The van der Waals surface area contributed by atoms with Crippen LogP contribution in [0, 0.1) is 0 Å². The molecule has 0 radical (unpaired) electrons. The highest BCUT2D eigenvalue weighted by molar-refractivity contribution is 8.04. The normalized spacial score (nSPS) is 13.7. The monoisotopic (exact) mass is 485 g/mol. The maximum absolute atomic E-state index is 11.9. The molecular weight excluding hydrogens is 466 g/mol. The molecule has 0 fully saturated rings. The molecule has 0 unspecified atom stereocenters. The zero-order chi connectivity index (χ0) is 23.3. The lowest BCUT2D eigenvalue weighted by Crippen LogP contribution is -2.10. The Kier molecular flexibility index (Phi) is 6.46. The van der Waals surface area contributed by atoms with Crippen molar-refractivity contribution in [3.63, 3.8) is 0 Å². The Morgan fingerprint density at radius 3 is 2.71 bits per heavy atom. The minimum Gasteiger partial charge on any atom is -0.367 e. The third kappa shape index (κ3) is 4.90. The molecular formula is C25H19N5O2S2. The van der Waals surface area contributed by atoms with Gasteiger partial charge in [0.25, 0.3) is 0 Å². The number of carbonyl (C=O) groups excluding carboxylic acids is 2. The van der Waals surface area contributed by atoms with Gasteiger partial charge in [-0.15, -0.1) is 11.8 Å². The van der Waals surface area contributed by atoms with E-state index in [4.69, 9.17) is 4.98 Å². The molecule has 4 aromatic rings. The number of aliphatic imine (C=N–C) groups is 1. The van der Waals surface area contributed by atoms with Gasteiger partial charge in [0.15, 0.2) is 17.4 Å². The van der Waals surface area contributed by atoms with Crippen LogP contribution in [0.1, 0.15) is 5.56 Å². The van der Waals surface area contributed by atoms with Crippen LogP contribution < -0.4 is 5.32 Å². The number of carbonyl (C=O) groups is 2. The van der Waals surface area contributed by atoms with Crippen molar-refractivity contribution in [2.45, 2.75) is 0 Å². The third-order valence-electron chi connectivity index (χ3n) is 5.02. The Hall–Kier alpha value is -3.82. The number of ketones is 2. The van der Waals surface area contributed by atoms with E-state index >= 15 is 0 Å². The van der Waals surface area contributed by atoms with Crippen LogP contribution in [0.2, 0.25) is 0 Å². The highest BCUT2D eigenvalue weighted by Crippen LogP contribution is 2.31. The fourth-order valence-corrected chi connectivity index (χ4v) is 4.83. The molecule has 0 spiro atoms. The van der Waals surface area contributed by atoms with Crippen LogP contribution in [-0.2, 0) is 9.59 Å². The minimum absolute atomic E-state index is 0.133. The largest absolute Gasteiger partial charge is 0.367 e. The van der Waals surface area contributed by atoms with E-state index in [1.165, 1.54) is 41.3 Å². The number of nitrogens with zero attached hydrogens (tertiary/aromatic N) is 4. The molecule has 2 heterocycles. The zero-order valence-corrected chi connectivity index (χ0v) is 19.6. The number of fused-ring (bicyclic) bond motifs is 1. The molecule has 5 rings (SSSR count). The van der Waals surface area contributed by atoms with Crippen molar-refractivity contribution in [3.05, 3.63) is 88.8 Å². The van der Waals surface area contributed by atoms with Crippen molar-refractivity contribution >= 4 is 57.3 Å². The zero-order valence-electron chi connectivity index (χ0n) is 17.9. The van der Waals surface area contributed by atoms with Crippen LogP contribution >= 0.6 is 23.1 Å². The molecule has 0 saturated carbocycles. The Morgan fingerprint density at radius 1 is 1.06 bits per heavy atom. The summed E-state index contributed by atoms with van der Waals surface area (Å²) in [5.41, 5.74) is 5.40. The van der Waals surface area contributed by atoms with Crippen LogP contribution in [0.25, 0.3) is 16.2 Å². The third-order valence-corrected chi connectivity index (χ3v) is 6.73. The summed E-state index contributed by atoms with van der Waals surface area (Å²) in [6, 6.07) is 17.9. The Bertz CT molecular complexity index is 1430. The van der Waals surface area contributed by atoms with Gasteiger partial charge in [0, 0.05) is 30.2 Å². The van der Waals surface area contributed by atoms with Crippen LogP contribution in [-0.4, -0.2) is 44.7 Å². The van der Waals surface area contributed by atoms with Crippen LogP contribution in [0.5, 0.6) is 0 Å². The van der Waals surface area contributed by atoms with Gasteiger partial charge in [0.2, 0.25) is 4.96 Å². The van der Waals surface area contributed by atoms with Gasteiger partial charge in [-0.2, -0.15) is 9.61 Å². The number of anilines is 1. The topological polar surface area (TPSA) is 88.7 Å². The van der Waals surface area contributed by atoms with E-state index < -0.39 is 0 Å². The van der Waals surface area contributed by atoms with Gasteiger partial charge in [0.1, 0.15) is 11.2 Å². The lowest BCUT2D eigenvalue weighted by Gasteiger charge is -2.09. The van der Waals surface area contributed by atoms with Crippen molar-refractivity contribution in [3.8, 4) is 11.3 Å². The number of allylic oxidation sites excluding steroid dienone is 4. The molecule has 0 aliphatic heterocycles. The molecule has 1 aliphatic carbocycles. The first-order chi connectivity index (χ1) is 16.7. The number of hydrogen-bond donors (Lipinski definition) is 1. The first-order valence-corrected chi connectivity index (χ1v) is 12.4. The summed E-state index contributed by atoms with van der Waals surface area (Å²) < 4.78 is 1.78. The van der Waals surface area contributed by atoms with Gasteiger partial charge in [-0.05, 0) is 29.8 Å². The molecule has 7 nitrogen and oxygen atoms in total. The second-order valence-electron chi connectivity index (χ2n) is 7.34. The standard InChI is InChI=1S/C25H19N5O2S2/c31-20-10-11-21(32)22(14-20)33-13-12-26-24-23(29-25-30(24)28-16-34-25)18-6-8-19(9-7-18)27-15-17-4-2-1-3-5-17/h1-11,14-16,26H,12-13H2/b27-15-. The molecule has 1 N–H and O–H groups in total. The van der Waals surface area contributed by atoms with Gasteiger partial charge in [-0.3, -0.25) is 14.6 Å². The Morgan fingerprint density at radius 2 is 1.88 bits per heavy atom. The maximum atomic E-state index is 11.9. The second-order valence-corrected chi connectivity index (χ2v) is 9.29. The average Bonchev–Trinajstić information content (AvgIpc) is 3.46. The molecule has 9 heteroatoms. The highest BCUT2D eigenvalue weighted by Gasteiger charge is 2.17. The molecule has 2 aromatic carbocycles. The molecule has 0 bridgehead atoms. The average molecular weight is 486 g/mol. The smallest absolute Gasteiger partial charge is 0.214 e. The van der Waals surface area contributed by atoms with Crippen LogP contribution in [0.4, 0.5) is 11.5 Å². The van der Waals surface area contributed by atoms with Crippen molar-refractivity contribution in [1.29, 1.82) is 0 Å². The SMILES string of the molecule is O=C1C=CC(=O)C(SCCNc2c(-c3ccc(/N=C\c4ccccc4)cc3)nc3scnn23)=C1. The van der Waals surface area contributed by atoms with Gasteiger partial charge in [0.05, 0.1) is 10.6 Å². The highest BCUT2D eigenvalue weighted by atomic mass is 32.2. The summed E-state index contributed by atoms with van der Waals surface area (Å²) in [6.07, 6.45) is 5.84. The van der Waals surface area contributed by atoms with E-state index in [1.54, 1.807) is 10.0 Å². The summed E-state index contributed by atoms with van der Waals surface area (Å²) in [7, 11) is 0. The first-order valence-electron chi connectivity index (χ1n) is 10.5. The van der Waals surface area contributed by atoms with Gasteiger partial charge < -0.3 is 5.32 Å². The predicted molar refractivity (Wildman–Crippen MR) is 138 cm³/mol. The summed E-state index contributed by atoms with van der Waals surface area (Å²) >= 11 is 2.82. The number of benzene rings is 2. The van der Waals surface area contributed by atoms with E-state index in [0.717, 1.165) is 33.3 Å². The van der Waals surface area contributed by atoms with Crippen molar-refractivity contribution in [2.75, 3.05) is 17.6 Å². The molecule has 168 valence electrons. The second kappa shape index (κ2) is 9.98. The lowest BCUT2D eigenvalue weighted by atomic mass is 10.1. The van der Waals surface area contributed by atoms with E-state index in [2.05, 4.69) is 15.4 Å². The summed E-state index contributed by atoms with van der Waals surface area (Å²) in [5, 5.41) is 7.80. The number of imidazole rings is 1. The van der Waals surface area contributed by atoms with Crippen LogP contribution in [0.15, 0.2) is 88.2 Å². The van der Waals surface area contributed by atoms with Gasteiger partial charge >= 0.3 is 0 Å². The molecule has 34 heavy (non-hydrogen) atoms. The quantitative estimate of drug-likeness (QED) is 0.216. The molecule has 0 saturated heterocycles. The lowest BCUT2D eigenvalue weighted by molar-refractivity contribution is -0.114. The minimum atomic E-state index is -0.158. The van der Waals surface area contributed by atoms with Crippen molar-refractivity contribution < 1.29 is 9.59 Å². The Balaban J connectivity index is 1.29. The summed E-state index contributed by atoms with van der Waals surface area (Å²) in [6.45, 7) is 0.574. The van der Waals surface area contributed by atoms with Gasteiger partial charge in [-0.25, -0.2) is 4.98 Å². The number of rotatable bonds is 8. The van der Waals surface area contributed by atoms with Crippen LogP contribution in [0.3, 0.4) is 0 Å². The molecule has 0 atom stereocenters. The number of aromatic nitrogens is 3. The van der Waals surface area contributed by atoms with E-state index in [1.807, 2.05) is 60.8 Å². The first kappa shape index (κ1) is 22.0. The predicted octanol–water partition coefficient (Wildman–Crippen LogP) is 4.95. The molecule has 1 aliphatic rings. The molecule has 0 amide bonds. The Labute approximate surface area is 204 Å². The fourth-order valence-electron chi connectivity index (χ4n) is 3.38. The molecule has 2 aromatic heterocycles. The van der Waals surface area contributed by atoms with Crippen molar-refractivity contribution in [1.82, 2.24) is 14.6 Å². The van der Waals surface area contributed by atoms with E-state index in [-0.39, 0.29) is 11.6 Å². The van der Waals surface area contributed by atoms with E-state index in [9.17, 15) is 9.59 Å². The van der Waals surface area contributed by atoms with Gasteiger partial charge in [-0.1, -0.05) is 53.8 Å². The maximum Gasteiger partial charge on any atom is 0.214 e. The number of nitrogens with one attached hydrogen (secondary N) is 1.